The van der Waals surface area contributed by atoms with Gasteiger partial charge in [0.15, 0.2) is 5.65 Å². The second-order valence-corrected chi connectivity index (χ2v) is 7.33. The Bertz CT molecular complexity index is 743. The van der Waals surface area contributed by atoms with Gasteiger partial charge in [-0.2, -0.15) is 5.10 Å². The van der Waals surface area contributed by atoms with Crippen molar-refractivity contribution in [1.29, 1.82) is 0 Å². The Labute approximate surface area is 118 Å². The number of nitrogens with two attached hydrogens (primary N) is 1. The number of fused-ring (bicyclic) bond motifs is 1. The minimum absolute atomic E-state index is 0.116. The van der Waals surface area contributed by atoms with E-state index in [-0.39, 0.29) is 11.4 Å². The predicted octanol–water partition coefficient (Wildman–Crippen LogP) is 0.292. The van der Waals surface area contributed by atoms with E-state index in [1.54, 1.807) is 31.6 Å². The number of rotatable bonds is 4. The number of hydrogen-bond donors (Lipinski definition) is 2. The quantitative estimate of drug-likeness (QED) is 0.844. The summed E-state index contributed by atoms with van der Waals surface area (Å²) in [4.78, 5) is 4.28. The average Bonchev–Trinajstić information content (AvgIpc) is 2.62. The van der Waals surface area contributed by atoms with Crippen molar-refractivity contribution in [3.8, 4) is 0 Å². The molecule has 0 atom stereocenters. The van der Waals surface area contributed by atoms with Gasteiger partial charge in [0.05, 0.1) is 5.69 Å². The van der Waals surface area contributed by atoms with Gasteiger partial charge in [-0.05, 0) is 26.8 Å². The molecule has 0 aliphatic carbocycles. The highest BCUT2D eigenvalue weighted by Crippen LogP contribution is 2.19. The molecule has 2 heterocycles. The van der Waals surface area contributed by atoms with Crippen LogP contribution in [0.15, 0.2) is 17.2 Å². The molecule has 0 spiro atoms. The fourth-order valence-corrected chi connectivity index (χ4v) is 2.99. The molecule has 0 aliphatic rings. The van der Waals surface area contributed by atoms with E-state index < -0.39 is 15.6 Å². The third-order valence-electron chi connectivity index (χ3n) is 2.87. The molecule has 0 radical (unpaired) electrons. The summed E-state index contributed by atoms with van der Waals surface area (Å²) >= 11 is 0. The van der Waals surface area contributed by atoms with Crippen LogP contribution in [0.5, 0.6) is 0 Å². The third-order valence-corrected chi connectivity index (χ3v) is 4.23. The molecule has 110 valence electrons. The van der Waals surface area contributed by atoms with Crippen molar-refractivity contribution in [1.82, 2.24) is 19.5 Å². The van der Waals surface area contributed by atoms with E-state index in [4.69, 9.17) is 5.73 Å². The highest BCUT2D eigenvalue weighted by Gasteiger charge is 2.20. The highest BCUT2D eigenvalue weighted by atomic mass is 32.2. The standard InChI is InChI=1S/C12H19N5O2S/c1-8-10-5-9(6-14-11(10)17(4)16-8)20(18,19)15-7-12(2,3)13/h5-6,15H,7,13H2,1-4H3. The smallest absolute Gasteiger partial charge is 0.242 e. The predicted molar refractivity (Wildman–Crippen MR) is 76.7 cm³/mol. The van der Waals surface area contributed by atoms with Gasteiger partial charge in [0.2, 0.25) is 10.0 Å². The molecule has 0 fully saturated rings. The first kappa shape index (κ1) is 14.9. The van der Waals surface area contributed by atoms with Crippen LogP contribution in [0.4, 0.5) is 0 Å². The molecule has 2 aromatic rings. The monoisotopic (exact) mass is 297 g/mol. The molecule has 0 saturated carbocycles. The Morgan fingerprint density at radius 2 is 2.10 bits per heavy atom. The Kier molecular flexibility index (Phi) is 3.57. The summed E-state index contributed by atoms with van der Waals surface area (Å²) < 4.78 is 28.5. The van der Waals surface area contributed by atoms with Gasteiger partial charge in [0, 0.05) is 30.7 Å². The zero-order valence-electron chi connectivity index (χ0n) is 12.0. The maximum atomic E-state index is 12.2. The maximum absolute atomic E-state index is 12.2. The van der Waals surface area contributed by atoms with Gasteiger partial charge >= 0.3 is 0 Å². The van der Waals surface area contributed by atoms with Crippen molar-refractivity contribution in [2.75, 3.05) is 6.54 Å². The molecule has 8 heteroatoms. The highest BCUT2D eigenvalue weighted by molar-refractivity contribution is 7.89. The van der Waals surface area contributed by atoms with E-state index in [0.29, 0.717) is 5.65 Å². The summed E-state index contributed by atoms with van der Waals surface area (Å²) in [5, 5.41) is 4.94. The Balaban J connectivity index is 2.40. The van der Waals surface area contributed by atoms with Crippen molar-refractivity contribution in [3.63, 3.8) is 0 Å². The van der Waals surface area contributed by atoms with Gasteiger partial charge < -0.3 is 5.73 Å². The van der Waals surface area contributed by atoms with Gasteiger partial charge in [-0.25, -0.2) is 18.1 Å². The Hall–Kier alpha value is -1.51. The number of hydrogen-bond acceptors (Lipinski definition) is 5. The lowest BCUT2D eigenvalue weighted by molar-refractivity contribution is 0.498. The molecule has 0 amide bonds. The molecule has 0 unspecified atom stereocenters. The Morgan fingerprint density at radius 3 is 2.70 bits per heavy atom. The van der Waals surface area contributed by atoms with Crippen LogP contribution in [0.25, 0.3) is 11.0 Å². The zero-order valence-corrected chi connectivity index (χ0v) is 12.8. The first-order chi connectivity index (χ1) is 9.10. The van der Waals surface area contributed by atoms with E-state index in [0.717, 1.165) is 11.1 Å². The van der Waals surface area contributed by atoms with Gasteiger partial charge in [0.25, 0.3) is 0 Å². The summed E-state index contributed by atoms with van der Waals surface area (Å²) in [7, 11) is -1.85. The van der Waals surface area contributed by atoms with E-state index in [1.165, 1.54) is 6.20 Å². The largest absolute Gasteiger partial charge is 0.324 e. The van der Waals surface area contributed by atoms with E-state index in [1.807, 2.05) is 6.92 Å². The number of aromatic nitrogens is 3. The first-order valence-electron chi connectivity index (χ1n) is 6.18. The van der Waals surface area contributed by atoms with Crippen molar-refractivity contribution < 1.29 is 8.42 Å². The topological polar surface area (TPSA) is 103 Å². The van der Waals surface area contributed by atoms with Crippen LogP contribution in [0.2, 0.25) is 0 Å². The molecule has 20 heavy (non-hydrogen) atoms. The van der Waals surface area contributed by atoms with Crippen molar-refractivity contribution >= 4 is 21.1 Å². The number of pyridine rings is 1. The van der Waals surface area contributed by atoms with Gasteiger partial charge in [-0.15, -0.1) is 0 Å². The van der Waals surface area contributed by atoms with Gasteiger partial charge in [-0.3, -0.25) is 4.68 Å². The van der Waals surface area contributed by atoms with Crippen LogP contribution in [0.1, 0.15) is 19.5 Å². The van der Waals surface area contributed by atoms with Crippen molar-refractivity contribution in [2.45, 2.75) is 31.2 Å². The van der Waals surface area contributed by atoms with Crippen molar-refractivity contribution in [3.05, 3.63) is 18.0 Å². The van der Waals surface area contributed by atoms with E-state index in [2.05, 4.69) is 14.8 Å². The van der Waals surface area contributed by atoms with E-state index >= 15 is 0 Å². The summed E-state index contributed by atoms with van der Waals surface area (Å²) in [6.45, 7) is 5.47. The lowest BCUT2D eigenvalue weighted by Crippen LogP contribution is -2.45. The van der Waals surface area contributed by atoms with Gasteiger partial charge in [-0.1, -0.05) is 0 Å². The molecular weight excluding hydrogens is 278 g/mol. The van der Waals surface area contributed by atoms with Gasteiger partial charge in [0.1, 0.15) is 4.90 Å². The summed E-state index contributed by atoms with van der Waals surface area (Å²) in [5.41, 5.74) is 6.56. The minimum atomic E-state index is -3.62. The zero-order chi connectivity index (χ0) is 15.1. The third kappa shape index (κ3) is 2.97. The molecule has 0 bridgehead atoms. The summed E-state index contributed by atoms with van der Waals surface area (Å²) in [6, 6.07) is 1.58. The molecule has 3 N–H and O–H groups in total. The van der Waals surface area contributed by atoms with Crippen LogP contribution in [-0.4, -0.2) is 35.3 Å². The second kappa shape index (κ2) is 4.80. The second-order valence-electron chi connectivity index (χ2n) is 5.56. The lowest BCUT2D eigenvalue weighted by Gasteiger charge is -2.18. The van der Waals surface area contributed by atoms with E-state index in [9.17, 15) is 8.42 Å². The average molecular weight is 297 g/mol. The van der Waals surface area contributed by atoms with Crippen LogP contribution >= 0.6 is 0 Å². The van der Waals surface area contributed by atoms with Crippen LogP contribution in [0, 0.1) is 6.92 Å². The molecule has 2 aromatic heterocycles. The summed E-state index contributed by atoms with van der Waals surface area (Å²) in [5.74, 6) is 0. The lowest BCUT2D eigenvalue weighted by atomic mass is 10.1. The molecule has 0 saturated heterocycles. The fourth-order valence-electron chi connectivity index (χ4n) is 1.80. The first-order valence-corrected chi connectivity index (χ1v) is 7.66. The SMILES string of the molecule is Cc1nn(C)c2ncc(S(=O)(=O)NCC(C)(C)N)cc12. The number of aryl methyl sites for hydroxylation is 2. The number of sulfonamides is 1. The normalized spacial score (nSPS) is 13.1. The fraction of sp³-hybridized carbons (Fsp3) is 0.500. The maximum Gasteiger partial charge on any atom is 0.242 e. The molecule has 0 aliphatic heterocycles. The van der Waals surface area contributed by atoms with Crippen LogP contribution < -0.4 is 10.5 Å². The van der Waals surface area contributed by atoms with Crippen LogP contribution in [-0.2, 0) is 17.1 Å². The molecule has 7 nitrogen and oxygen atoms in total. The molecular formula is C12H19N5O2S. The summed E-state index contributed by atoms with van der Waals surface area (Å²) in [6.07, 6.45) is 1.33. The number of nitrogens with one attached hydrogen (secondary N) is 1. The molecule has 0 aromatic carbocycles. The minimum Gasteiger partial charge on any atom is -0.324 e. The number of nitrogens with zero attached hydrogens (tertiary/aromatic N) is 3. The molecule has 2 rings (SSSR count). The van der Waals surface area contributed by atoms with Crippen molar-refractivity contribution in [2.24, 2.45) is 12.8 Å². The Morgan fingerprint density at radius 1 is 1.45 bits per heavy atom. The van der Waals surface area contributed by atoms with Crippen LogP contribution in [0.3, 0.4) is 0 Å².